The van der Waals surface area contributed by atoms with Crippen LogP contribution in [-0.2, 0) is 14.3 Å². The lowest BCUT2D eigenvalue weighted by molar-refractivity contribution is -0.122. The molecule has 1 saturated heterocycles. The van der Waals surface area contributed by atoms with E-state index >= 15 is 0 Å². The smallest absolute Gasteiger partial charge is 0.357 e. The van der Waals surface area contributed by atoms with Crippen LogP contribution >= 0.6 is 23.1 Å². The van der Waals surface area contributed by atoms with Crippen LogP contribution in [0.5, 0.6) is 0 Å². The highest BCUT2D eigenvalue weighted by atomic mass is 32.2. The molecule has 142 valence electrons. The molecule has 1 N–H and O–H groups in total. The van der Waals surface area contributed by atoms with Gasteiger partial charge in [-0.25, -0.2) is 9.78 Å². The number of nitrogens with one attached hydrogen (secondary N) is 1. The van der Waals surface area contributed by atoms with Crippen molar-refractivity contribution < 1.29 is 19.1 Å². The Balaban J connectivity index is 1.70. The van der Waals surface area contributed by atoms with E-state index in [1.165, 1.54) is 18.4 Å². The molecule has 1 aromatic heterocycles. The zero-order chi connectivity index (χ0) is 19.6. The zero-order valence-corrected chi connectivity index (χ0v) is 16.8. The molecule has 1 aliphatic rings. The monoisotopic (exact) mass is 405 g/mol. The largest absolute Gasteiger partial charge is 0.464 e. The molecule has 2 amide bonds. The molecule has 0 bridgehead atoms. The highest BCUT2D eigenvalue weighted by Gasteiger charge is 2.35. The van der Waals surface area contributed by atoms with Crippen LogP contribution in [0.15, 0.2) is 29.2 Å². The predicted octanol–water partition coefficient (Wildman–Crippen LogP) is 2.95. The molecule has 0 radical (unpaired) electrons. The Morgan fingerprint density at radius 2 is 2.19 bits per heavy atom. The number of thiazole rings is 1. The normalized spacial score (nSPS) is 16.5. The first kappa shape index (κ1) is 19.4. The van der Waals surface area contributed by atoms with E-state index in [4.69, 9.17) is 0 Å². The lowest BCUT2D eigenvalue weighted by Crippen LogP contribution is -2.28. The molecule has 1 aromatic carbocycles. The van der Waals surface area contributed by atoms with Crippen LogP contribution in [0.3, 0.4) is 0 Å². The average Bonchev–Trinajstić information content (AvgIpc) is 3.23. The summed E-state index contributed by atoms with van der Waals surface area (Å²) >= 11 is 2.80. The molecule has 0 saturated carbocycles. The molecular formula is C18H19N3O4S2. The van der Waals surface area contributed by atoms with Gasteiger partial charge in [0.25, 0.3) is 0 Å². The van der Waals surface area contributed by atoms with Gasteiger partial charge in [0.05, 0.1) is 13.0 Å². The molecule has 2 aromatic rings. The van der Waals surface area contributed by atoms with Crippen molar-refractivity contribution in [3.05, 3.63) is 34.8 Å². The topological polar surface area (TPSA) is 88.6 Å². The Bertz CT molecular complexity index is 896. The minimum absolute atomic E-state index is 0.0843. The van der Waals surface area contributed by atoms with Crippen LogP contribution in [0.4, 0.5) is 10.8 Å². The van der Waals surface area contributed by atoms with Gasteiger partial charge < -0.3 is 15.0 Å². The molecule has 0 aliphatic carbocycles. The Hall–Kier alpha value is -2.39. The molecular weight excluding hydrogens is 386 g/mol. The van der Waals surface area contributed by atoms with Crippen molar-refractivity contribution in [1.29, 1.82) is 0 Å². The standard InChI is InChI=1S/C18H19N3O4S2/c1-10-15(17(24)25-2)19-18(27-10)20-16(23)11-7-14(22)21(9-11)12-5-4-6-13(8-12)26-3/h4-6,8,11H,7,9H2,1-3H3,(H,19,20,23). The van der Waals surface area contributed by atoms with Gasteiger partial charge in [-0.3, -0.25) is 9.59 Å². The fourth-order valence-corrected chi connectivity index (χ4v) is 4.11. The maximum atomic E-state index is 12.6. The van der Waals surface area contributed by atoms with Crippen molar-refractivity contribution in [1.82, 2.24) is 4.98 Å². The minimum atomic E-state index is -0.542. The molecule has 1 atom stereocenters. The number of carbonyl (C=O) groups excluding carboxylic acids is 3. The van der Waals surface area contributed by atoms with E-state index in [9.17, 15) is 14.4 Å². The third kappa shape index (κ3) is 4.14. The molecule has 1 fully saturated rings. The first-order chi connectivity index (χ1) is 12.9. The van der Waals surface area contributed by atoms with E-state index in [1.807, 2.05) is 30.5 Å². The van der Waals surface area contributed by atoms with Crippen LogP contribution in [0, 0.1) is 12.8 Å². The number of anilines is 2. The van der Waals surface area contributed by atoms with E-state index in [0.29, 0.717) is 16.6 Å². The summed E-state index contributed by atoms with van der Waals surface area (Å²) in [5, 5.41) is 3.04. The fraction of sp³-hybridized carbons (Fsp3) is 0.333. The first-order valence-electron chi connectivity index (χ1n) is 8.24. The number of rotatable bonds is 5. The number of nitrogens with zero attached hydrogens (tertiary/aromatic N) is 2. The Morgan fingerprint density at radius 3 is 2.89 bits per heavy atom. The van der Waals surface area contributed by atoms with Gasteiger partial charge in [-0.1, -0.05) is 6.07 Å². The number of thioether (sulfide) groups is 1. The minimum Gasteiger partial charge on any atom is -0.464 e. The summed E-state index contributed by atoms with van der Waals surface area (Å²) in [5.41, 5.74) is 0.982. The molecule has 3 rings (SSSR count). The number of hydrogen-bond acceptors (Lipinski definition) is 7. The van der Waals surface area contributed by atoms with Crippen LogP contribution in [0.2, 0.25) is 0 Å². The van der Waals surface area contributed by atoms with Crippen LogP contribution in [0.25, 0.3) is 0 Å². The highest BCUT2D eigenvalue weighted by Crippen LogP contribution is 2.29. The van der Waals surface area contributed by atoms with E-state index < -0.39 is 11.9 Å². The molecule has 1 unspecified atom stereocenters. The van der Waals surface area contributed by atoms with Crippen molar-refractivity contribution in [3.8, 4) is 0 Å². The molecule has 2 heterocycles. The van der Waals surface area contributed by atoms with Gasteiger partial charge in [0.15, 0.2) is 10.8 Å². The van der Waals surface area contributed by atoms with E-state index in [2.05, 4.69) is 15.0 Å². The number of aryl methyl sites for hydroxylation is 1. The van der Waals surface area contributed by atoms with Gasteiger partial charge in [-0.05, 0) is 31.4 Å². The summed E-state index contributed by atoms with van der Waals surface area (Å²) in [6.07, 6.45) is 2.11. The lowest BCUT2D eigenvalue weighted by Gasteiger charge is -2.17. The van der Waals surface area contributed by atoms with Gasteiger partial charge >= 0.3 is 5.97 Å². The van der Waals surface area contributed by atoms with E-state index in [0.717, 1.165) is 10.6 Å². The summed E-state index contributed by atoms with van der Waals surface area (Å²) in [7, 11) is 1.28. The number of hydrogen-bond donors (Lipinski definition) is 1. The van der Waals surface area contributed by atoms with Crippen molar-refractivity contribution >= 4 is 51.7 Å². The first-order valence-corrected chi connectivity index (χ1v) is 10.3. The highest BCUT2D eigenvalue weighted by molar-refractivity contribution is 7.98. The Labute approximate surface area is 165 Å². The molecule has 27 heavy (non-hydrogen) atoms. The maximum absolute atomic E-state index is 12.6. The number of methoxy groups -OCH3 is 1. The SMILES string of the molecule is COC(=O)c1nc(NC(=O)C2CC(=O)N(c3cccc(SC)c3)C2)sc1C. The van der Waals surface area contributed by atoms with Gasteiger partial charge in [0.1, 0.15) is 0 Å². The van der Waals surface area contributed by atoms with Gasteiger partial charge in [-0.15, -0.1) is 23.1 Å². The third-order valence-corrected chi connectivity index (χ3v) is 5.88. The van der Waals surface area contributed by atoms with Crippen molar-refractivity contribution in [2.45, 2.75) is 18.2 Å². The second kappa shape index (κ2) is 8.10. The summed E-state index contributed by atoms with van der Waals surface area (Å²) in [5.74, 6) is -1.38. The number of ether oxygens (including phenoxy) is 1. The van der Waals surface area contributed by atoms with E-state index in [-0.39, 0.29) is 23.9 Å². The van der Waals surface area contributed by atoms with Crippen LogP contribution < -0.4 is 10.2 Å². The molecule has 9 heteroatoms. The third-order valence-electron chi connectivity index (χ3n) is 4.27. The van der Waals surface area contributed by atoms with Gasteiger partial charge in [0, 0.05) is 28.4 Å². The number of aromatic nitrogens is 1. The summed E-state index contributed by atoms with van der Waals surface area (Å²) < 4.78 is 4.67. The van der Waals surface area contributed by atoms with E-state index in [1.54, 1.807) is 23.6 Å². The fourth-order valence-electron chi connectivity index (χ4n) is 2.85. The number of carbonyl (C=O) groups is 3. The van der Waals surface area contributed by atoms with Crippen LogP contribution in [-0.4, -0.2) is 42.7 Å². The summed E-state index contributed by atoms with van der Waals surface area (Å²) in [4.78, 5) is 44.1. The maximum Gasteiger partial charge on any atom is 0.357 e. The van der Waals surface area contributed by atoms with Crippen molar-refractivity contribution in [2.75, 3.05) is 30.1 Å². The van der Waals surface area contributed by atoms with Crippen molar-refractivity contribution in [3.63, 3.8) is 0 Å². The van der Waals surface area contributed by atoms with Gasteiger partial charge in [0.2, 0.25) is 11.8 Å². The van der Waals surface area contributed by atoms with Crippen LogP contribution in [0.1, 0.15) is 21.8 Å². The number of benzene rings is 1. The summed E-state index contributed by atoms with van der Waals surface area (Å²) in [6.45, 7) is 2.05. The molecule has 7 nitrogen and oxygen atoms in total. The quantitative estimate of drug-likeness (QED) is 0.608. The van der Waals surface area contributed by atoms with Crippen molar-refractivity contribution in [2.24, 2.45) is 5.92 Å². The zero-order valence-electron chi connectivity index (χ0n) is 15.1. The Kier molecular flexibility index (Phi) is 5.81. The number of esters is 1. The second-order valence-electron chi connectivity index (χ2n) is 6.01. The Morgan fingerprint density at radius 1 is 1.41 bits per heavy atom. The molecule has 0 spiro atoms. The van der Waals surface area contributed by atoms with Gasteiger partial charge in [-0.2, -0.15) is 0 Å². The predicted molar refractivity (Wildman–Crippen MR) is 106 cm³/mol. The molecule has 1 aliphatic heterocycles. The second-order valence-corrected chi connectivity index (χ2v) is 8.09. The summed E-state index contributed by atoms with van der Waals surface area (Å²) in [6, 6.07) is 7.68. The average molecular weight is 406 g/mol. The lowest BCUT2D eigenvalue weighted by atomic mass is 10.1. The number of amides is 2.